The van der Waals surface area contributed by atoms with Crippen LogP contribution in [0.5, 0.6) is 0 Å². The maximum Gasteiger partial charge on any atom is 0.292 e. The third-order valence-electron chi connectivity index (χ3n) is 2.93. The summed E-state index contributed by atoms with van der Waals surface area (Å²) in [5.74, 6) is 0.0205. The largest absolute Gasteiger partial charge is 0.379 e. The number of nitro benzene ring substituents is 1. The molecule has 1 amide bonds. The fraction of sp³-hybridized carbons (Fsp3) is 0.462. The van der Waals surface area contributed by atoms with Gasteiger partial charge in [-0.2, -0.15) is 0 Å². The van der Waals surface area contributed by atoms with E-state index in [9.17, 15) is 14.9 Å². The molecule has 0 heterocycles. The van der Waals surface area contributed by atoms with Crippen molar-refractivity contribution in [3.63, 3.8) is 0 Å². The molecule has 0 aliphatic heterocycles. The minimum atomic E-state index is -0.481. The van der Waals surface area contributed by atoms with Crippen LogP contribution in [0.25, 0.3) is 0 Å². The van der Waals surface area contributed by atoms with Crippen molar-refractivity contribution in [3.05, 3.63) is 33.3 Å². The second-order valence-electron chi connectivity index (χ2n) is 4.16. The lowest BCUT2D eigenvalue weighted by Crippen LogP contribution is -2.31. The minimum absolute atomic E-state index is 0.0205. The number of carbonyl (C=O) groups excluding carboxylic acids is 1. The number of hydrogen-bond donors (Lipinski definition) is 1. The third-order valence-corrected chi connectivity index (χ3v) is 3.16. The van der Waals surface area contributed by atoms with Crippen molar-refractivity contribution in [2.75, 3.05) is 25.0 Å². The van der Waals surface area contributed by atoms with E-state index in [0.29, 0.717) is 30.3 Å². The Labute approximate surface area is 122 Å². The molecule has 110 valence electrons. The maximum atomic E-state index is 11.8. The number of nitro groups is 1. The van der Waals surface area contributed by atoms with Crippen LogP contribution in [0.15, 0.2) is 18.2 Å². The van der Waals surface area contributed by atoms with Gasteiger partial charge in [-0.05, 0) is 26.0 Å². The van der Waals surface area contributed by atoms with Gasteiger partial charge in [0, 0.05) is 37.1 Å². The molecule has 1 N–H and O–H groups in total. The Bertz CT molecular complexity index is 490. The van der Waals surface area contributed by atoms with Crippen molar-refractivity contribution in [1.82, 2.24) is 4.90 Å². The second-order valence-corrected chi connectivity index (χ2v) is 4.60. The van der Waals surface area contributed by atoms with E-state index in [2.05, 4.69) is 5.32 Å². The topological polar surface area (TPSA) is 75.5 Å². The Hall–Kier alpha value is -1.82. The van der Waals surface area contributed by atoms with Crippen molar-refractivity contribution in [2.45, 2.75) is 20.3 Å². The van der Waals surface area contributed by atoms with Crippen LogP contribution in [-0.4, -0.2) is 35.4 Å². The first-order valence-electron chi connectivity index (χ1n) is 6.45. The predicted molar refractivity (Wildman–Crippen MR) is 79.1 cm³/mol. The number of benzene rings is 1. The van der Waals surface area contributed by atoms with Gasteiger partial charge < -0.3 is 10.2 Å². The summed E-state index contributed by atoms with van der Waals surface area (Å²) in [6.07, 6.45) is 0.283. The average molecular weight is 300 g/mol. The maximum absolute atomic E-state index is 11.8. The monoisotopic (exact) mass is 299 g/mol. The molecule has 1 aromatic rings. The molecule has 0 spiro atoms. The molecule has 0 bridgehead atoms. The van der Waals surface area contributed by atoms with Gasteiger partial charge in [0.25, 0.3) is 5.69 Å². The summed E-state index contributed by atoms with van der Waals surface area (Å²) in [6.45, 7) is 5.48. The number of amides is 1. The van der Waals surface area contributed by atoms with Crippen molar-refractivity contribution in [3.8, 4) is 0 Å². The predicted octanol–water partition coefficient (Wildman–Crippen LogP) is 2.92. The highest BCUT2D eigenvalue weighted by Crippen LogP contribution is 2.27. The number of anilines is 1. The molecule has 0 unspecified atom stereocenters. The molecule has 0 atom stereocenters. The molecule has 0 fully saturated rings. The summed E-state index contributed by atoms with van der Waals surface area (Å²) in [5.41, 5.74) is 0.277. The van der Waals surface area contributed by atoms with Crippen LogP contribution in [0, 0.1) is 10.1 Å². The highest BCUT2D eigenvalue weighted by Gasteiger charge is 2.14. The van der Waals surface area contributed by atoms with Gasteiger partial charge in [0.2, 0.25) is 5.91 Å². The summed E-state index contributed by atoms with van der Waals surface area (Å²) in [5, 5.41) is 14.2. The lowest BCUT2D eigenvalue weighted by molar-refractivity contribution is -0.384. The Morgan fingerprint density at radius 1 is 1.40 bits per heavy atom. The zero-order valence-corrected chi connectivity index (χ0v) is 12.3. The van der Waals surface area contributed by atoms with Gasteiger partial charge in [-0.1, -0.05) is 11.6 Å². The van der Waals surface area contributed by atoms with Crippen LogP contribution in [0.4, 0.5) is 11.4 Å². The molecule has 20 heavy (non-hydrogen) atoms. The molecule has 1 aromatic carbocycles. The van der Waals surface area contributed by atoms with E-state index in [1.807, 2.05) is 13.8 Å². The average Bonchev–Trinajstić information content (AvgIpc) is 2.39. The molecule has 0 saturated heterocycles. The minimum Gasteiger partial charge on any atom is -0.379 e. The first kappa shape index (κ1) is 16.2. The standard InChI is InChI=1S/C13H18ClN3O3/c1-3-16(4-2)13(18)7-8-15-11-9-10(14)5-6-12(11)17(19)20/h5-6,9,15H,3-4,7-8H2,1-2H3. The van der Waals surface area contributed by atoms with Crippen LogP contribution < -0.4 is 5.32 Å². The van der Waals surface area contributed by atoms with Gasteiger partial charge in [0.1, 0.15) is 5.69 Å². The molecule has 0 aliphatic carbocycles. The molecule has 6 nitrogen and oxygen atoms in total. The Morgan fingerprint density at radius 3 is 2.60 bits per heavy atom. The first-order chi connectivity index (χ1) is 9.49. The number of carbonyl (C=O) groups is 1. The normalized spacial score (nSPS) is 10.2. The third kappa shape index (κ3) is 4.38. The highest BCUT2D eigenvalue weighted by atomic mass is 35.5. The molecular weight excluding hydrogens is 282 g/mol. The lowest BCUT2D eigenvalue weighted by Gasteiger charge is -2.18. The number of rotatable bonds is 7. The fourth-order valence-electron chi connectivity index (χ4n) is 1.85. The summed E-state index contributed by atoms with van der Waals surface area (Å²) < 4.78 is 0. The summed E-state index contributed by atoms with van der Waals surface area (Å²) in [4.78, 5) is 23.9. The molecule has 0 aliphatic rings. The van der Waals surface area contributed by atoms with Gasteiger partial charge in [-0.15, -0.1) is 0 Å². The van der Waals surface area contributed by atoms with E-state index in [-0.39, 0.29) is 18.0 Å². The van der Waals surface area contributed by atoms with E-state index in [0.717, 1.165) is 0 Å². The second kappa shape index (κ2) is 7.69. The van der Waals surface area contributed by atoms with Gasteiger partial charge in [0.05, 0.1) is 4.92 Å². The van der Waals surface area contributed by atoms with Gasteiger partial charge in [-0.3, -0.25) is 14.9 Å². The van der Waals surface area contributed by atoms with Gasteiger partial charge in [0.15, 0.2) is 0 Å². The summed E-state index contributed by atoms with van der Waals surface area (Å²) in [7, 11) is 0. The van der Waals surface area contributed by atoms with Crippen molar-refractivity contribution < 1.29 is 9.72 Å². The summed E-state index contributed by atoms with van der Waals surface area (Å²) >= 11 is 5.82. The van der Waals surface area contributed by atoms with E-state index in [4.69, 9.17) is 11.6 Å². The number of nitrogens with one attached hydrogen (secondary N) is 1. The van der Waals surface area contributed by atoms with Gasteiger partial charge in [-0.25, -0.2) is 0 Å². The number of hydrogen-bond acceptors (Lipinski definition) is 4. The van der Waals surface area contributed by atoms with E-state index >= 15 is 0 Å². The lowest BCUT2D eigenvalue weighted by atomic mass is 10.2. The van der Waals surface area contributed by atoms with Crippen LogP contribution in [-0.2, 0) is 4.79 Å². The van der Waals surface area contributed by atoms with E-state index in [1.165, 1.54) is 18.2 Å². The number of nitrogens with zero attached hydrogens (tertiary/aromatic N) is 2. The highest BCUT2D eigenvalue weighted by molar-refractivity contribution is 6.31. The molecule has 1 rings (SSSR count). The van der Waals surface area contributed by atoms with Crippen molar-refractivity contribution in [1.29, 1.82) is 0 Å². The molecular formula is C13H18ClN3O3. The summed E-state index contributed by atoms with van der Waals surface area (Å²) in [6, 6.07) is 4.30. The van der Waals surface area contributed by atoms with E-state index < -0.39 is 4.92 Å². The fourth-order valence-corrected chi connectivity index (χ4v) is 2.02. The van der Waals surface area contributed by atoms with Crippen molar-refractivity contribution in [2.24, 2.45) is 0 Å². The van der Waals surface area contributed by atoms with E-state index in [1.54, 1.807) is 4.90 Å². The number of halogens is 1. The molecule has 0 aromatic heterocycles. The van der Waals surface area contributed by atoms with Crippen LogP contribution >= 0.6 is 11.6 Å². The van der Waals surface area contributed by atoms with Crippen molar-refractivity contribution >= 4 is 28.9 Å². The smallest absolute Gasteiger partial charge is 0.292 e. The molecule has 7 heteroatoms. The SMILES string of the molecule is CCN(CC)C(=O)CCNc1cc(Cl)ccc1[N+](=O)[O-]. The quantitative estimate of drug-likeness (QED) is 0.620. The molecule has 0 saturated carbocycles. The Morgan fingerprint density at radius 2 is 2.05 bits per heavy atom. The van der Waals surface area contributed by atoms with Crippen LogP contribution in [0.1, 0.15) is 20.3 Å². The zero-order chi connectivity index (χ0) is 15.1. The Balaban J connectivity index is 2.64. The first-order valence-corrected chi connectivity index (χ1v) is 6.83. The molecule has 0 radical (unpaired) electrons. The zero-order valence-electron chi connectivity index (χ0n) is 11.6. The van der Waals surface area contributed by atoms with Crippen LogP contribution in [0.3, 0.4) is 0 Å². The van der Waals surface area contributed by atoms with Gasteiger partial charge >= 0.3 is 0 Å². The van der Waals surface area contributed by atoms with Crippen LogP contribution in [0.2, 0.25) is 5.02 Å². The Kier molecular flexibility index (Phi) is 6.24.